The summed E-state index contributed by atoms with van der Waals surface area (Å²) in [6.45, 7) is 6.58. The van der Waals surface area contributed by atoms with Gasteiger partial charge >= 0.3 is 0 Å². The van der Waals surface area contributed by atoms with Gasteiger partial charge in [-0.25, -0.2) is 4.98 Å². The van der Waals surface area contributed by atoms with Crippen LogP contribution in [0.4, 0.5) is 0 Å². The van der Waals surface area contributed by atoms with E-state index >= 15 is 0 Å². The fourth-order valence-corrected chi connectivity index (χ4v) is 3.92. The van der Waals surface area contributed by atoms with Crippen molar-refractivity contribution in [1.29, 1.82) is 0 Å². The molecular weight excluding hydrogens is 338 g/mol. The van der Waals surface area contributed by atoms with E-state index in [1.807, 2.05) is 18.0 Å². The third-order valence-corrected chi connectivity index (χ3v) is 5.41. The van der Waals surface area contributed by atoms with Crippen molar-refractivity contribution >= 4 is 16.8 Å². The molecule has 0 N–H and O–H groups in total. The molecule has 0 saturated carbocycles. The molecule has 3 heterocycles. The Bertz CT molecular complexity index is 962. The Morgan fingerprint density at radius 1 is 1.19 bits per heavy atom. The standard InChI is InChI=1S/C21H27N5O/c1-15(2)18-12-26(13-20(27)25-9-5-4-6-10-25)19-8-7-16(11-17(18)19)21-22-14-24(3)23-21/h7-8,11-12,14-15H,4-6,9-10,13H2,1-3H3. The number of benzene rings is 1. The van der Waals surface area contributed by atoms with Gasteiger partial charge in [0.2, 0.25) is 5.91 Å². The number of likely N-dealkylation sites (tertiary alicyclic amines) is 1. The molecule has 0 bridgehead atoms. The Morgan fingerprint density at radius 3 is 2.63 bits per heavy atom. The van der Waals surface area contributed by atoms with Crippen LogP contribution in [0.25, 0.3) is 22.3 Å². The molecule has 27 heavy (non-hydrogen) atoms. The van der Waals surface area contributed by atoms with E-state index in [9.17, 15) is 4.79 Å². The number of aromatic nitrogens is 4. The fraction of sp³-hybridized carbons (Fsp3) is 0.476. The van der Waals surface area contributed by atoms with Gasteiger partial charge in [-0.05, 0) is 48.9 Å². The molecule has 1 fully saturated rings. The lowest BCUT2D eigenvalue weighted by Gasteiger charge is -2.27. The van der Waals surface area contributed by atoms with Crippen molar-refractivity contribution in [3.63, 3.8) is 0 Å². The van der Waals surface area contributed by atoms with Gasteiger partial charge in [0.25, 0.3) is 0 Å². The van der Waals surface area contributed by atoms with Crippen LogP contribution in [0.5, 0.6) is 0 Å². The topological polar surface area (TPSA) is 56.0 Å². The van der Waals surface area contributed by atoms with Crippen molar-refractivity contribution in [3.8, 4) is 11.4 Å². The highest BCUT2D eigenvalue weighted by molar-refractivity contribution is 5.89. The molecule has 0 spiro atoms. The van der Waals surface area contributed by atoms with Crippen LogP contribution in [0.15, 0.2) is 30.7 Å². The normalized spacial score (nSPS) is 15.0. The second-order valence-corrected chi connectivity index (χ2v) is 7.78. The number of carbonyl (C=O) groups is 1. The summed E-state index contributed by atoms with van der Waals surface area (Å²) in [4.78, 5) is 19.1. The number of hydrogen-bond acceptors (Lipinski definition) is 3. The average Bonchev–Trinajstić information content (AvgIpc) is 3.26. The number of aryl methyl sites for hydroxylation is 1. The van der Waals surface area contributed by atoms with E-state index in [4.69, 9.17) is 0 Å². The van der Waals surface area contributed by atoms with Gasteiger partial charge in [0.1, 0.15) is 12.9 Å². The second kappa shape index (κ2) is 7.18. The summed E-state index contributed by atoms with van der Waals surface area (Å²) in [5.41, 5.74) is 3.36. The molecule has 6 nitrogen and oxygen atoms in total. The minimum atomic E-state index is 0.220. The highest BCUT2D eigenvalue weighted by atomic mass is 16.2. The Labute approximate surface area is 159 Å². The molecule has 4 rings (SSSR count). The molecule has 1 aliphatic heterocycles. The van der Waals surface area contributed by atoms with E-state index in [0.29, 0.717) is 12.5 Å². The number of piperidine rings is 1. The lowest BCUT2D eigenvalue weighted by molar-refractivity contribution is -0.132. The summed E-state index contributed by atoms with van der Waals surface area (Å²) in [5, 5.41) is 5.60. The Morgan fingerprint density at radius 2 is 1.96 bits per heavy atom. The molecule has 1 amide bonds. The maximum Gasteiger partial charge on any atom is 0.242 e. The summed E-state index contributed by atoms with van der Waals surface area (Å²) in [7, 11) is 1.87. The predicted molar refractivity (Wildman–Crippen MR) is 106 cm³/mol. The summed E-state index contributed by atoms with van der Waals surface area (Å²) >= 11 is 0. The number of carbonyl (C=O) groups excluding carboxylic acids is 1. The van der Waals surface area contributed by atoms with Crippen LogP contribution >= 0.6 is 0 Å². The zero-order valence-corrected chi connectivity index (χ0v) is 16.4. The molecule has 0 aliphatic carbocycles. The first-order valence-electron chi connectivity index (χ1n) is 9.79. The smallest absolute Gasteiger partial charge is 0.242 e. The highest BCUT2D eigenvalue weighted by Gasteiger charge is 2.19. The first kappa shape index (κ1) is 17.8. The van der Waals surface area contributed by atoms with Crippen LogP contribution in [0.1, 0.15) is 44.6 Å². The molecule has 6 heteroatoms. The average molecular weight is 365 g/mol. The van der Waals surface area contributed by atoms with Crippen LogP contribution in [-0.2, 0) is 18.4 Å². The number of rotatable bonds is 4. The zero-order valence-electron chi connectivity index (χ0n) is 16.4. The molecule has 0 unspecified atom stereocenters. The van der Waals surface area contributed by atoms with E-state index in [0.717, 1.165) is 42.8 Å². The van der Waals surface area contributed by atoms with Crippen molar-refractivity contribution in [1.82, 2.24) is 24.2 Å². The largest absolute Gasteiger partial charge is 0.341 e. The van der Waals surface area contributed by atoms with Crippen LogP contribution in [-0.4, -0.2) is 43.2 Å². The van der Waals surface area contributed by atoms with Gasteiger partial charge in [-0.1, -0.05) is 13.8 Å². The molecular formula is C21H27N5O. The summed E-state index contributed by atoms with van der Waals surface area (Å²) < 4.78 is 3.82. The van der Waals surface area contributed by atoms with Gasteiger partial charge in [-0.15, -0.1) is 0 Å². The third-order valence-electron chi connectivity index (χ3n) is 5.41. The summed E-state index contributed by atoms with van der Waals surface area (Å²) in [5.74, 6) is 1.33. The SMILES string of the molecule is CC(C)c1cn(CC(=O)N2CCCCC2)c2ccc(-c3ncn(C)n3)cc12. The van der Waals surface area contributed by atoms with Crippen LogP contribution in [0, 0.1) is 0 Å². The number of hydrogen-bond donors (Lipinski definition) is 0. The molecule has 0 atom stereocenters. The van der Waals surface area contributed by atoms with Gasteiger partial charge in [0, 0.05) is 42.8 Å². The van der Waals surface area contributed by atoms with Crippen molar-refractivity contribution < 1.29 is 4.79 Å². The molecule has 1 aromatic carbocycles. The van der Waals surface area contributed by atoms with Crippen LogP contribution in [0.2, 0.25) is 0 Å². The van der Waals surface area contributed by atoms with E-state index in [2.05, 4.69) is 46.8 Å². The van der Waals surface area contributed by atoms with Crippen LogP contribution in [0.3, 0.4) is 0 Å². The van der Waals surface area contributed by atoms with Gasteiger partial charge in [0.05, 0.1) is 0 Å². The Balaban J connectivity index is 1.70. The van der Waals surface area contributed by atoms with Gasteiger partial charge in [-0.3, -0.25) is 9.48 Å². The van der Waals surface area contributed by atoms with Crippen molar-refractivity contribution in [2.24, 2.45) is 7.05 Å². The van der Waals surface area contributed by atoms with Crippen molar-refractivity contribution in [3.05, 3.63) is 36.3 Å². The Hall–Kier alpha value is -2.63. The van der Waals surface area contributed by atoms with Crippen molar-refractivity contribution in [2.45, 2.75) is 45.6 Å². The zero-order chi connectivity index (χ0) is 19.0. The third kappa shape index (κ3) is 3.48. The fourth-order valence-electron chi connectivity index (χ4n) is 3.92. The maximum absolute atomic E-state index is 12.8. The number of nitrogens with zero attached hydrogens (tertiary/aromatic N) is 5. The Kier molecular flexibility index (Phi) is 4.72. The van der Waals surface area contributed by atoms with Crippen molar-refractivity contribution in [2.75, 3.05) is 13.1 Å². The number of amides is 1. The monoisotopic (exact) mass is 365 g/mol. The second-order valence-electron chi connectivity index (χ2n) is 7.78. The maximum atomic E-state index is 12.8. The molecule has 1 saturated heterocycles. The van der Waals surface area contributed by atoms with E-state index < -0.39 is 0 Å². The van der Waals surface area contributed by atoms with E-state index in [1.54, 1.807) is 11.0 Å². The summed E-state index contributed by atoms with van der Waals surface area (Å²) in [6, 6.07) is 6.29. The van der Waals surface area contributed by atoms with E-state index in [1.165, 1.54) is 17.4 Å². The number of fused-ring (bicyclic) bond motifs is 1. The molecule has 142 valence electrons. The molecule has 3 aromatic rings. The molecule has 0 radical (unpaired) electrons. The van der Waals surface area contributed by atoms with Gasteiger partial charge in [0.15, 0.2) is 5.82 Å². The highest BCUT2D eigenvalue weighted by Crippen LogP contribution is 2.31. The quantitative estimate of drug-likeness (QED) is 0.710. The predicted octanol–water partition coefficient (Wildman–Crippen LogP) is 3.57. The first-order chi connectivity index (χ1) is 13.0. The molecule has 1 aliphatic rings. The van der Waals surface area contributed by atoms with E-state index in [-0.39, 0.29) is 5.91 Å². The molecule has 2 aromatic heterocycles. The van der Waals surface area contributed by atoms with Gasteiger partial charge in [-0.2, -0.15) is 5.10 Å². The minimum Gasteiger partial charge on any atom is -0.341 e. The first-order valence-corrected chi connectivity index (χ1v) is 9.79. The lowest BCUT2D eigenvalue weighted by Crippen LogP contribution is -2.37. The lowest BCUT2D eigenvalue weighted by atomic mass is 10.0. The van der Waals surface area contributed by atoms with Gasteiger partial charge < -0.3 is 9.47 Å². The minimum absolute atomic E-state index is 0.220. The van der Waals surface area contributed by atoms with Crippen LogP contribution < -0.4 is 0 Å². The summed E-state index contributed by atoms with van der Waals surface area (Å²) in [6.07, 6.45) is 7.34.